The zero-order valence-corrected chi connectivity index (χ0v) is 12.3. The number of para-hydroxylation sites is 2. The van der Waals surface area contributed by atoms with Gasteiger partial charge in [-0.25, -0.2) is 0 Å². The second-order valence-electron chi connectivity index (χ2n) is 5.12. The summed E-state index contributed by atoms with van der Waals surface area (Å²) in [5.74, 6) is 0. The summed E-state index contributed by atoms with van der Waals surface area (Å²) >= 11 is 0. The zero-order valence-electron chi connectivity index (χ0n) is 12.3. The fraction of sp³-hybridized carbons (Fsp3) is 0.111. The Hall–Kier alpha value is -2.88. The first-order valence-corrected chi connectivity index (χ1v) is 7.44. The van der Waals surface area contributed by atoms with Crippen LogP contribution in [0.3, 0.4) is 0 Å². The summed E-state index contributed by atoms with van der Waals surface area (Å²) in [5, 5.41) is 0. The van der Waals surface area contributed by atoms with Crippen molar-refractivity contribution in [1.29, 1.82) is 0 Å². The molecule has 0 saturated heterocycles. The van der Waals surface area contributed by atoms with Crippen LogP contribution < -0.4 is 21.7 Å². The molecule has 0 bridgehead atoms. The van der Waals surface area contributed by atoms with E-state index in [0.717, 1.165) is 24.2 Å². The maximum Gasteiger partial charge on any atom is 0.0539 e. The number of allylic oxidation sites excluding steroid dienone is 4. The van der Waals surface area contributed by atoms with Gasteiger partial charge in [-0.1, -0.05) is 36.4 Å². The number of anilines is 2. The van der Waals surface area contributed by atoms with Crippen molar-refractivity contribution in [2.75, 3.05) is 10.9 Å². The van der Waals surface area contributed by atoms with Crippen molar-refractivity contribution in [3.05, 3.63) is 84.2 Å². The molecule has 1 aliphatic carbocycles. The van der Waals surface area contributed by atoms with Crippen molar-refractivity contribution < 1.29 is 0 Å². The van der Waals surface area contributed by atoms with E-state index in [9.17, 15) is 0 Å². The van der Waals surface area contributed by atoms with Gasteiger partial charge in [0.2, 0.25) is 0 Å². The summed E-state index contributed by atoms with van der Waals surface area (Å²) in [5.41, 5.74) is 17.4. The van der Waals surface area contributed by atoms with Gasteiger partial charge in [0.1, 0.15) is 0 Å². The minimum absolute atomic E-state index is 0.967. The number of hydrogen-bond donors (Lipinski definition) is 4. The quantitative estimate of drug-likeness (QED) is 0.612. The molecule has 4 N–H and O–H groups in total. The van der Waals surface area contributed by atoms with Gasteiger partial charge in [0, 0.05) is 11.4 Å². The van der Waals surface area contributed by atoms with Gasteiger partial charge < -0.3 is 21.7 Å². The molecular formula is C18H20N4. The minimum Gasteiger partial charge on any atom is -0.305 e. The van der Waals surface area contributed by atoms with Crippen LogP contribution in [0, 0.1) is 0 Å². The van der Waals surface area contributed by atoms with E-state index in [1.807, 2.05) is 60.7 Å². The Morgan fingerprint density at radius 1 is 0.500 bits per heavy atom. The van der Waals surface area contributed by atoms with Crippen LogP contribution in [0.4, 0.5) is 11.4 Å². The summed E-state index contributed by atoms with van der Waals surface area (Å²) in [7, 11) is 0. The third-order valence-electron chi connectivity index (χ3n) is 3.43. The molecule has 2 aromatic rings. The maximum absolute atomic E-state index is 3.25. The van der Waals surface area contributed by atoms with Crippen LogP contribution in [0.2, 0.25) is 0 Å². The second-order valence-corrected chi connectivity index (χ2v) is 5.12. The van der Waals surface area contributed by atoms with Gasteiger partial charge in [0.15, 0.2) is 0 Å². The largest absolute Gasteiger partial charge is 0.305 e. The Morgan fingerprint density at radius 2 is 0.909 bits per heavy atom. The van der Waals surface area contributed by atoms with Crippen LogP contribution in [0.1, 0.15) is 12.8 Å². The molecule has 0 saturated carbocycles. The van der Waals surface area contributed by atoms with Crippen LogP contribution >= 0.6 is 0 Å². The first-order valence-electron chi connectivity index (χ1n) is 7.44. The summed E-state index contributed by atoms with van der Waals surface area (Å²) in [4.78, 5) is 0. The lowest BCUT2D eigenvalue weighted by molar-refractivity contribution is 0.758. The predicted octanol–water partition coefficient (Wildman–Crippen LogP) is 3.78. The fourth-order valence-corrected chi connectivity index (χ4v) is 2.19. The number of hydrazine groups is 2. The lowest BCUT2D eigenvalue weighted by Crippen LogP contribution is -2.25. The Morgan fingerprint density at radius 3 is 1.27 bits per heavy atom. The molecule has 0 amide bonds. The Balaban J connectivity index is 1.48. The Kier molecular flexibility index (Phi) is 4.62. The van der Waals surface area contributed by atoms with Crippen LogP contribution in [-0.4, -0.2) is 0 Å². The highest BCUT2D eigenvalue weighted by molar-refractivity contribution is 5.43. The molecular weight excluding hydrogens is 272 g/mol. The van der Waals surface area contributed by atoms with E-state index in [-0.39, 0.29) is 0 Å². The lowest BCUT2D eigenvalue weighted by atomic mass is 10.1. The summed E-state index contributed by atoms with van der Waals surface area (Å²) < 4.78 is 0. The van der Waals surface area contributed by atoms with Crippen molar-refractivity contribution in [3.63, 3.8) is 0 Å². The van der Waals surface area contributed by atoms with E-state index < -0.39 is 0 Å². The highest BCUT2D eigenvalue weighted by Gasteiger charge is 2.05. The molecule has 4 heteroatoms. The Bertz CT molecular complexity index is 588. The van der Waals surface area contributed by atoms with E-state index in [1.165, 1.54) is 11.4 Å². The van der Waals surface area contributed by atoms with Crippen molar-refractivity contribution >= 4 is 11.4 Å². The molecule has 112 valence electrons. The molecule has 0 unspecified atom stereocenters. The van der Waals surface area contributed by atoms with Gasteiger partial charge in [-0.05, 0) is 49.3 Å². The third kappa shape index (κ3) is 4.06. The number of hydrogen-bond acceptors (Lipinski definition) is 4. The fourth-order valence-electron chi connectivity index (χ4n) is 2.19. The van der Waals surface area contributed by atoms with Crippen molar-refractivity contribution in [2.45, 2.75) is 12.8 Å². The van der Waals surface area contributed by atoms with Crippen LogP contribution in [0.5, 0.6) is 0 Å². The van der Waals surface area contributed by atoms with Gasteiger partial charge in [-0.15, -0.1) is 0 Å². The molecule has 0 aliphatic heterocycles. The van der Waals surface area contributed by atoms with Crippen LogP contribution in [0.25, 0.3) is 0 Å². The molecule has 0 aromatic heterocycles. The monoisotopic (exact) mass is 292 g/mol. The number of rotatable bonds is 6. The maximum atomic E-state index is 3.25. The summed E-state index contributed by atoms with van der Waals surface area (Å²) in [6, 6.07) is 20.2. The number of nitrogens with one attached hydrogen (secondary N) is 4. The van der Waals surface area contributed by atoms with E-state index in [1.54, 1.807) is 0 Å². The van der Waals surface area contributed by atoms with Gasteiger partial charge in [-0.2, -0.15) is 0 Å². The van der Waals surface area contributed by atoms with Gasteiger partial charge >= 0.3 is 0 Å². The molecule has 1 aliphatic rings. The normalized spacial score (nSPS) is 13.6. The van der Waals surface area contributed by atoms with Crippen LogP contribution in [-0.2, 0) is 0 Å². The molecule has 22 heavy (non-hydrogen) atoms. The van der Waals surface area contributed by atoms with Crippen molar-refractivity contribution in [2.24, 2.45) is 0 Å². The molecule has 3 rings (SSSR count). The SMILES string of the molecule is C1=C(NNc2ccccc2)CCC(NNc2ccccc2)=C1. The molecule has 0 spiro atoms. The third-order valence-corrected chi connectivity index (χ3v) is 3.43. The summed E-state index contributed by atoms with van der Waals surface area (Å²) in [6.07, 6.45) is 6.12. The molecule has 4 nitrogen and oxygen atoms in total. The van der Waals surface area contributed by atoms with Crippen molar-refractivity contribution in [1.82, 2.24) is 10.9 Å². The highest BCUT2D eigenvalue weighted by Crippen LogP contribution is 2.15. The first-order chi connectivity index (χ1) is 10.9. The topological polar surface area (TPSA) is 48.1 Å². The van der Waals surface area contributed by atoms with E-state index in [0.29, 0.717) is 0 Å². The van der Waals surface area contributed by atoms with Crippen LogP contribution in [0.15, 0.2) is 84.2 Å². The standard InChI is InChI=1S/C18H20N4/c1-3-7-15(8-4-1)19-21-17-11-13-18(14-12-17)22-20-16-9-5-2-6-10-16/h1-11,13,19-22H,12,14H2. The van der Waals surface area contributed by atoms with Gasteiger partial charge in [0.25, 0.3) is 0 Å². The predicted molar refractivity (Wildman–Crippen MR) is 91.8 cm³/mol. The second kappa shape index (κ2) is 7.22. The smallest absolute Gasteiger partial charge is 0.0539 e. The Labute approximate surface area is 130 Å². The van der Waals surface area contributed by atoms with Gasteiger partial charge in [-0.3, -0.25) is 0 Å². The zero-order chi connectivity index (χ0) is 15.0. The highest BCUT2D eigenvalue weighted by atomic mass is 15.4. The lowest BCUT2D eigenvalue weighted by Gasteiger charge is -2.19. The molecule has 0 heterocycles. The van der Waals surface area contributed by atoms with E-state index in [4.69, 9.17) is 0 Å². The number of benzene rings is 2. The average molecular weight is 292 g/mol. The average Bonchev–Trinajstić information content (AvgIpc) is 2.61. The first kappa shape index (κ1) is 14.1. The van der Waals surface area contributed by atoms with Gasteiger partial charge in [0.05, 0.1) is 11.4 Å². The molecule has 0 atom stereocenters. The molecule has 0 radical (unpaired) electrons. The van der Waals surface area contributed by atoms with Crippen molar-refractivity contribution in [3.8, 4) is 0 Å². The van der Waals surface area contributed by atoms with E-state index in [2.05, 4.69) is 33.9 Å². The molecule has 0 fully saturated rings. The van der Waals surface area contributed by atoms with E-state index >= 15 is 0 Å². The summed E-state index contributed by atoms with van der Waals surface area (Å²) in [6.45, 7) is 0. The molecule has 2 aromatic carbocycles. The minimum atomic E-state index is 0.967.